The summed E-state index contributed by atoms with van der Waals surface area (Å²) in [5, 5.41) is 17.4. The molecule has 1 aliphatic rings. The van der Waals surface area contributed by atoms with Crippen molar-refractivity contribution in [2.75, 3.05) is 13.2 Å². The second-order valence-electron chi connectivity index (χ2n) is 16.3. The van der Waals surface area contributed by atoms with Crippen LogP contribution in [0.3, 0.4) is 0 Å². The van der Waals surface area contributed by atoms with Crippen LogP contribution >= 0.6 is 0 Å². The molecule has 0 amide bonds. The highest BCUT2D eigenvalue weighted by Crippen LogP contribution is 2.52. The molecule has 1 aliphatic heterocycles. The lowest BCUT2D eigenvalue weighted by molar-refractivity contribution is -0.292. The smallest absolute Gasteiger partial charge is 0.178 e. The summed E-state index contributed by atoms with van der Waals surface area (Å²) in [7, 11) is 0. The van der Waals surface area contributed by atoms with E-state index in [4.69, 9.17) is 19.7 Å². The molecule has 0 radical (unpaired) electrons. The van der Waals surface area contributed by atoms with E-state index in [1.807, 2.05) is 62.3 Å². The van der Waals surface area contributed by atoms with E-state index in [-0.39, 0.29) is 45.2 Å². The van der Waals surface area contributed by atoms with Gasteiger partial charge in [-0.1, -0.05) is 125 Å². The highest BCUT2D eigenvalue weighted by Gasteiger charge is 2.59. The SMILES string of the molecule is CC(C)(C)C(=O)C(C)(C)C.CC(C)(C)C(O)CO.CC(C)(C)C1COC(C(C)(C)C)(C(C)(C)C)O1. The first-order chi connectivity index (χ1) is 14.9. The minimum Gasteiger partial charge on any atom is -0.394 e. The Hall–Kier alpha value is -0.490. The van der Waals surface area contributed by atoms with E-state index in [9.17, 15) is 4.79 Å². The fourth-order valence-electron chi connectivity index (χ4n) is 4.20. The summed E-state index contributed by atoms with van der Waals surface area (Å²) in [4.78, 5) is 11.5. The third kappa shape index (κ3) is 11.2. The lowest BCUT2D eigenvalue weighted by atomic mass is 9.70. The van der Waals surface area contributed by atoms with Gasteiger partial charge in [0, 0.05) is 21.7 Å². The number of aliphatic hydroxyl groups excluding tert-OH is 2. The highest BCUT2D eigenvalue weighted by molar-refractivity contribution is 5.88. The van der Waals surface area contributed by atoms with Gasteiger partial charge in [-0.25, -0.2) is 0 Å². The molecule has 2 atom stereocenters. The van der Waals surface area contributed by atoms with E-state index in [0.717, 1.165) is 0 Å². The van der Waals surface area contributed by atoms with Crippen molar-refractivity contribution >= 4 is 5.78 Å². The van der Waals surface area contributed by atoms with Crippen molar-refractivity contribution in [3.63, 3.8) is 0 Å². The predicted molar refractivity (Wildman–Crippen MR) is 148 cm³/mol. The molecule has 0 aliphatic carbocycles. The molecule has 5 heteroatoms. The van der Waals surface area contributed by atoms with Crippen LogP contribution in [0, 0.1) is 32.5 Å². The maximum absolute atomic E-state index is 11.5. The van der Waals surface area contributed by atoms with Crippen molar-refractivity contribution in [3.05, 3.63) is 0 Å². The minimum absolute atomic E-state index is 0.0365. The van der Waals surface area contributed by atoms with Crippen LogP contribution in [0.15, 0.2) is 0 Å². The lowest BCUT2D eigenvalue weighted by Crippen LogP contribution is -2.54. The molecule has 0 spiro atoms. The number of rotatable bonds is 1. The largest absolute Gasteiger partial charge is 0.394 e. The predicted octanol–water partition coefficient (Wildman–Crippen LogP) is 7.27. The summed E-state index contributed by atoms with van der Waals surface area (Å²) < 4.78 is 12.6. The molecule has 0 bridgehead atoms. The van der Waals surface area contributed by atoms with Gasteiger partial charge in [-0.05, 0) is 10.8 Å². The summed E-state index contributed by atoms with van der Waals surface area (Å²) in [5.41, 5.74) is -0.528. The lowest BCUT2D eigenvalue weighted by Gasteiger charge is -2.49. The Balaban J connectivity index is 0. The van der Waals surface area contributed by atoms with E-state index in [0.29, 0.717) is 12.4 Å². The molecule has 35 heavy (non-hydrogen) atoms. The molecule has 0 aromatic heterocycles. The fraction of sp³-hybridized carbons (Fsp3) is 0.967. The Morgan fingerprint density at radius 1 is 0.771 bits per heavy atom. The molecule has 1 fully saturated rings. The van der Waals surface area contributed by atoms with E-state index in [1.54, 1.807) is 0 Å². The number of ketones is 1. The summed E-state index contributed by atoms with van der Waals surface area (Å²) in [6, 6.07) is 0. The van der Waals surface area contributed by atoms with Crippen molar-refractivity contribution in [3.8, 4) is 0 Å². The first-order valence-corrected chi connectivity index (χ1v) is 13.1. The maximum Gasteiger partial charge on any atom is 0.178 e. The van der Waals surface area contributed by atoms with E-state index in [1.165, 1.54) is 0 Å². The van der Waals surface area contributed by atoms with Crippen LogP contribution in [0.2, 0.25) is 0 Å². The Morgan fingerprint density at radius 3 is 1.20 bits per heavy atom. The Bertz CT molecular complexity index is 607. The first-order valence-electron chi connectivity index (χ1n) is 13.1. The van der Waals surface area contributed by atoms with Crippen molar-refractivity contribution in [1.29, 1.82) is 0 Å². The topological polar surface area (TPSA) is 76.0 Å². The molecular weight excluding hydrogens is 440 g/mol. The quantitative estimate of drug-likeness (QED) is 0.394. The zero-order valence-corrected chi connectivity index (χ0v) is 26.7. The molecule has 212 valence electrons. The zero-order valence-electron chi connectivity index (χ0n) is 26.7. The third-order valence-corrected chi connectivity index (χ3v) is 6.22. The van der Waals surface area contributed by atoms with Crippen LogP contribution in [0.1, 0.15) is 125 Å². The van der Waals surface area contributed by atoms with Gasteiger partial charge in [-0.15, -0.1) is 0 Å². The number of Topliss-reactive ketones (excluding diaryl/α,β-unsaturated/α-hetero) is 1. The summed E-state index contributed by atoms with van der Waals surface area (Å²) in [6.45, 7) is 37.8. The van der Waals surface area contributed by atoms with Crippen LogP contribution in [-0.4, -0.2) is 47.2 Å². The normalized spacial score (nSPS) is 20.3. The summed E-state index contributed by atoms with van der Waals surface area (Å²) in [6.07, 6.45) is -0.427. The molecule has 5 nitrogen and oxygen atoms in total. The molecule has 0 aromatic rings. The molecule has 2 unspecified atom stereocenters. The van der Waals surface area contributed by atoms with Gasteiger partial charge in [0.25, 0.3) is 0 Å². The van der Waals surface area contributed by atoms with Crippen LogP contribution in [0.25, 0.3) is 0 Å². The molecule has 0 saturated carbocycles. The van der Waals surface area contributed by atoms with Gasteiger partial charge in [0.05, 0.1) is 25.4 Å². The zero-order chi connectivity index (χ0) is 29.1. The summed E-state index contributed by atoms with van der Waals surface area (Å²) >= 11 is 0. The Labute approximate surface area is 218 Å². The standard InChI is InChI=1S/C15H30O2.C9H18O.C6H14O2/c1-12(2,3)11-10-16-15(17-11,13(4,5)6)14(7,8)9;1-8(2,3)7(10)9(4,5)6;1-6(2,3)5(8)4-7/h11H,10H2,1-9H3;1-6H3;5,7-8H,4H2,1-3H3. The number of aliphatic hydroxyl groups is 2. The third-order valence-electron chi connectivity index (χ3n) is 6.22. The van der Waals surface area contributed by atoms with E-state index >= 15 is 0 Å². The van der Waals surface area contributed by atoms with Gasteiger partial charge in [0.15, 0.2) is 5.79 Å². The van der Waals surface area contributed by atoms with Crippen molar-refractivity contribution in [2.45, 2.75) is 143 Å². The van der Waals surface area contributed by atoms with Gasteiger partial charge in [0.1, 0.15) is 5.78 Å². The van der Waals surface area contributed by atoms with Crippen LogP contribution < -0.4 is 0 Å². The second kappa shape index (κ2) is 11.9. The fourth-order valence-corrected chi connectivity index (χ4v) is 4.20. The number of ether oxygens (including phenoxy) is 2. The number of hydrogen-bond acceptors (Lipinski definition) is 5. The Morgan fingerprint density at radius 2 is 1.11 bits per heavy atom. The van der Waals surface area contributed by atoms with Crippen molar-refractivity contribution in [1.82, 2.24) is 0 Å². The maximum atomic E-state index is 11.5. The van der Waals surface area contributed by atoms with E-state index in [2.05, 4.69) is 62.3 Å². The number of carbonyl (C=O) groups is 1. The summed E-state index contributed by atoms with van der Waals surface area (Å²) in [5.74, 6) is -0.183. The molecule has 1 rings (SSSR count). The molecule has 0 aromatic carbocycles. The van der Waals surface area contributed by atoms with Crippen LogP contribution in [0.4, 0.5) is 0 Å². The molecule has 1 heterocycles. The van der Waals surface area contributed by atoms with Gasteiger partial charge in [-0.3, -0.25) is 4.79 Å². The number of carbonyl (C=O) groups excluding carboxylic acids is 1. The van der Waals surface area contributed by atoms with Crippen LogP contribution in [-0.2, 0) is 14.3 Å². The van der Waals surface area contributed by atoms with Gasteiger partial charge < -0.3 is 19.7 Å². The van der Waals surface area contributed by atoms with Crippen molar-refractivity contribution in [2.24, 2.45) is 32.5 Å². The van der Waals surface area contributed by atoms with Gasteiger partial charge in [-0.2, -0.15) is 0 Å². The number of hydrogen-bond donors (Lipinski definition) is 2. The van der Waals surface area contributed by atoms with Crippen LogP contribution in [0.5, 0.6) is 0 Å². The van der Waals surface area contributed by atoms with E-state index < -0.39 is 11.9 Å². The minimum atomic E-state index is -0.595. The van der Waals surface area contributed by atoms with Crippen molar-refractivity contribution < 1.29 is 24.5 Å². The molecular formula is C30H62O5. The monoisotopic (exact) mass is 502 g/mol. The van der Waals surface area contributed by atoms with Gasteiger partial charge in [0.2, 0.25) is 0 Å². The second-order valence-corrected chi connectivity index (χ2v) is 16.3. The first kappa shape index (κ1) is 36.7. The molecule has 2 N–H and O–H groups in total. The average molecular weight is 503 g/mol. The Kier molecular flexibility index (Phi) is 12.5. The van der Waals surface area contributed by atoms with Gasteiger partial charge >= 0.3 is 0 Å². The highest BCUT2D eigenvalue weighted by atomic mass is 16.7. The molecule has 1 saturated heterocycles. The average Bonchev–Trinajstić information content (AvgIpc) is 3.06.